The Morgan fingerprint density at radius 1 is 1.15 bits per heavy atom. The monoisotopic (exact) mass is 187 g/mol. The largest absolute Gasteiger partial charge is 0.382 e. The third kappa shape index (κ3) is 8.26. The van der Waals surface area contributed by atoms with E-state index in [1.165, 1.54) is 19.3 Å². The van der Waals surface area contributed by atoms with Crippen molar-refractivity contribution in [3.8, 4) is 0 Å². The van der Waals surface area contributed by atoms with Crippen LogP contribution in [-0.4, -0.2) is 25.8 Å². The van der Waals surface area contributed by atoms with Gasteiger partial charge in [-0.1, -0.05) is 26.7 Å². The van der Waals surface area contributed by atoms with Crippen molar-refractivity contribution in [1.82, 2.24) is 5.32 Å². The summed E-state index contributed by atoms with van der Waals surface area (Å²) in [6, 6.07) is 0.663. The van der Waals surface area contributed by atoms with Gasteiger partial charge < -0.3 is 10.1 Å². The van der Waals surface area contributed by atoms with Gasteiger partial charge in [0.1, 0.15) is 0 Å². The zero-order valence-electron chi connectivity index (χ0n) is 9.44. The molecular formula is C11H25NO. The minimum atomic E-state index is 0.663. The molecule has 0 aromatic heterocycles. The summed E-state index contributed by atoms with van der Waals surface area (Å²) in [5, 5.41) is 3.50. The summed E-state index contributed by atoms with van der Waals surface area (Å²) in [5.74, 6) is 0. The summed E-state index contributed by atoms with van der Waals surface area (Å²) in [5.41, 5.74) is 0. The van der Waals surface area contributed by atoms with Crippen molar-refractivity contribution in [2.75, 3.05) is 19.8 Å². The van der Waals surface area contributed by atoms with E-state index in [9.17, 15) is 0 Å². The highest BCUT2D eigenvalue weighted by Crippen LogP contribution is 2.04. The fourth-order valence-electron chi connectivity index (χ4n) is 1.46. The Bertz CT molecular complexity index is 96.1. The van der Waals surface area contributed by atoms with E-state index in [4.69, 9.17) is 4.74 Å². The molecule has 0 fully saturated rings. The standard InChI is InChI=1S/C11H25NO/c1-4-7-8-11(12-5-2)9-10-13-6-3/h11-12H,4-10H2,1-3H3. The average molecular weight is 187 g/mol. The van der Waals surface area contributed by atoms with Gasteiger partial charge in [0, 0.05) is 19.3 Å². The second-order valence-corrected chi connectivity index (χ2v) is 3.38. The molecule has 0 bridgehead atoms. The minimum Gasteiger partial charge on any atom is -0.382 e. The molecule has 1 atom stereocenters. The van der Waals surface area contributed by atoms with Gasteiger partial charge in [-0.05, 0) is 26.3 Å². The molecule has 0 radical (unpaired) electrons. The molecule has 80 valence electrons. The van der Waals surface area contributed by atoms with Crippen molar-refractivity contribution >= 4 is 0 Å². The predicted molar refractivity (Wildman–Crippen MR) is 58.1 cm³/mol. The molecule has 0 amide bonds. The van der Waals surface area contributed by atoms with Crippen LogP contribution in [0, 0.1) is 0 Å². The summed E-state index contributed by atoms with van der Waals surface area (Å²) < 4.78 is 5.35. The van der Waals surface area contributed by atoms with E-state index >= 15 is 0 Å². The molecular weight excluding hydrogens is 162 g/mol. The Labute approximate surface area is 83.1 Å². The molecule has 2 nitrogen and oxygen atoms in total. The first-order valence-corrected chi connectivity index (χ1v) is 5.66. The third-order valence-electron chi connectivity index (χ3n) is 2.21. The first kappa shape index (κ1) is 12.9. The lowest BCUT2D eigenvalue weighted by Gasteiger charge is -2.17. The first-order chi connectivity index (χ1) is 6.35. The molecule has 0 saturated heterocycles. The van der Waals surface area contributed by atoms with E-state index in [-0.39, 0.29) is 0 Å². The van der Waals surface area contributed by atoms with E-state index in [0.29, 0.717) is 6.04 Å². The molecule has 1 N–H and O–H groups in total. The number of hydrogen-bond acceptors (Lipinski definition) is 2. The van der Waals surface area contributed by atoms with E-state index in [0.717, 1.165) is 26.2 Å². The smallest absolute Gasteiger partial charge is 0.0480 e. The van der Waals surface area contributed by atoms with E-state index in [1.54, 1.807) is 0 Å². The van der Waals surface area contributed by atoms with Crippen LogP contribution in [0.3, 0.4) is 0 Å². The molecule has 0 aliphatic carbocycles. The van der Waals surface area contributed by atoms with Crippen molar-refractivity contribution in [2.45, 2.75) is 52.5 Å². The van der Waals surface area contributed by atoms with Crippen molar-refractivity contribution in [3.05, 3.63) is 0 Å². The Kier molecular flexibility index (Phi) is 9.94. The molecule has 0 rings (SSSR count). The lowest BCUT2D eigenvalue weighted by atomic mass is 10.1. The highest BCUT2D eigenvalue weighted by Gasteiger charge is 2.05. The van der Waals surface area contributed by atoms with Crippen LogP contribution in [0.1, 0.15) is 46.5 Å². The van der Waals surface area contributed by atoms with E-state index < -0.39 is 0 Å². The first-order valence-electron chi connectivity index (χ1n) is 5.66. The lowest BCUT2D eigenvalue weighted by molar-refractivity contribution is 0.135. The van der Waals surface area contributed by atoms with Gasteiger partial charge >= 0.3 is 0 Å². The Morgan fingerprint density at radius 2 is 1.92 bits per heavy atom. The summed E-state index contributed by atoms with van der Waals surface area (Å²) in [4.78, 5) is 0. The zero-order valence-corrected chi connectivity index (χ0v) is 9.44. The molecule has 2 heteroatoms. The SMILES string of the molecule is CCCCC(CCOCC)NCC. The van der Waals surface area contributed by atoms with Gasteiger partial charge in [-0.25, -0.2) is 0 Å². The number of ether oxygens (including phenoxy) is 1. The van der Waals surface area contributed by atoms with Gasteiger partial charge in [-0.3, -0.25) is 0 Å². The van der Waals surface area contributed by atoms with Crippen LogP contribution < -0.4 is 5.32 Å². The number of nitrogens with one attached hydrogen (secondary N) is 1. The number of hydrogen-bond donors (Lipinski definition) is 1. The molecule has 0 aromatic rings. The Morgan fingerprint density at radius 3 is 2.46 bits per heavy atom. The second-order valence-electron chi connectivity index (χ2n) is 3.38. The molecule has 0 heterocycles. The van der Waals surface area contributed by atoms with Gasteiger partial charge in [-0.2, -0.15) is 0 Å². The van der Waals surface area contributed by atoms with Crippen molar-refractivity contribution in [1.29, 1.82) is 0 Å². The minimum absolute atomic E-state index is 0.663. The highest BCUT2D eigenvalue weighted by atomic mass is 16.5. The Balaban J connectivity index is 3.41. The molecule has 0 aliphatic rings. The summed E-state index contributed by atoms with van der Waals surface area (Å²) in [6.07, 6.45) is 5.05. The average Bonchev–Trinajstić information content (AvgIpc) is 2.14. The van der Waals surface area contributed by atoms with Crippen LogP contribution in [0.15, 0.2) is 0 Å². The fourth-order valence-corrected chi connectivity index (χ4v) is 1.46. The van der Waals surface area contributed by atoms with Crippen molar-refractivity contribution in [2.24, 2.45) is 0 Å². The maximum atomic E-state index is 5.35. The molecule has 0 aliphatic heterocycles. The van der Waals surface area contributed by atoms with Crippen LogP contribution in [0.5, 0.6) is 0 Å². The molecule has 0 aromatic carbocycles. The Hall–Kier alpha value is -0.0800. The van der Waals surface area contributed by atoms with Crippen molar-refractivity contribution < 1.29 is 4.74 Å². The maximum absolute atomic E-state index is 5.35. The topological polar surface area (TPSA) is 21.3 Å². The molecule has 0 saturated carbocycles. The van der Waals surface area contributed by atoms with E-state index in [1.807, 2.05) is 6.92 Å². The number of rotatable bonds is 9. The highest BCUT2D eigenvalue weighted by molar-refractivity contribution is 4.65. The normalized spacial score (nSPS) is 13.2. The molecule has 1 unspecified atom stereocenters. The number of unbranched alkanes of at least 4 members (excludes halogenated alkanes) is 1. The van der Waals surface area contributed by atoms with Crippen LogP contribution in [-0.2, 0) is 4.74 Å². The predicted octanol–water partition coefficient (Wildman–Crippen LogP) is 2.58. The van der Waals surface area contributed by atoms with Crippen LogP contribution in [0.25, 0.3) is 0 Å². The van der Waals surface area contributed by atoms with Gasteiger partial charge in [0.15, 0.2) is 0 Å². The molecule has 0 spiro atoms. The van der Waals surface area contributed by atoms with Gasteiger partial charge in [0.05, 0.1) is 0 Å². The maximum Gasteiger partial charge on any atom is 0.0480 e. The summed E-state index contributed by atoms with van der Waals surface area (Å²) in [7, 11) is 0. The second kappa shape index (κ2) is 10.0. The zero-order chi connectivity index (χ0) is 9.94. The lowest BCUT2D eigenvalue weighted by Crippen LogP contribution is -2.30. The van der Waals surface area contributed by atoms with Gasteiger partial charge in [0.25, 0.3) is 0 Å². The van der Waals surface area contributed by atoms with Gasteiger partial charge in [0.2, 0.25) is 0 Å². The third-order valence-corrected chi connectivity index (χ3v) is 2.21. The van der Waals surface area contributed by atoms with Crippen molar-refractivity contribution in [3.63, 3.8) is 0 Å². The fraction of sp³-hybridized carbons (Fsp3) is 1.00. The summed E-state index contributed by atoms with van der Waals surface area (Å²) in [6.45, 7) is 9.27. The van der Waals surface area contributed by atoms with Crippen LogP contribution in [0.2, 0.25) is 0 Å². The van der Waals surface area contributed by atoms with Gasteiger partial charge in [-0.15, -0.1) is 0 Å². The van der Waals surface area contributed by atoms with Crippen LogP contribution >= 0.6 is 0 Å². The van der Waals surface area contributed by atoms with E-state index in [2.05, 4.69) is 19.2 Å². The quantitative estimate of drug-likeness (QED) is 0.560. The summed E-state index contributed by atoms with van der Waals surface area (Å²) >= 11 is 0. The van der Waals surface area contributed by atoms with Crippen LogP contribution in [0.4, 0.5) is 0 Å². The molecule has 13 heavy (non-hydrogen) atoms.